The van der Waals surface area contributed by atoms with Crippen molar-refractivity contribution in [2.75, 3.05) is 13.2 Å². The molecule has 0 saturated heterocycles. The second kappa shape index (κ2) is 8.48. The first-order valence-electron chi connectivity index (χ1n) is 6.56. The molecule has 2 unspecified atom stereocenters. The molecular weight excluding hydrogens is 218 g/mol. The predicted octanol–water partition coefficient (Wildman–Crippen LogP) is 2.42. The van der Waals surface area contributed by atoms with Crippen LogP contribution in [0.3, 0.4) is 0 Å². The summed E-state index contributed by atoms with van der Waals surface area (Å²) in [7, 11) is 0. The Morgan fingerprint density at radius 1 is 1.41 bits per heavy atom. The van der Waals surface area contributed by atoms with Crippen LogP contribution >= 0.6 is 0 Å². The van der Waals surface area contributed by atoms with Crippen molar-refractivity contribution < 1.29 is 14.6 Å². The Morgan fingerprint density at radius 3 is 2.53 bits per heavy atom. The zero-order chi connectivity index (χ0) is 13.3. The van der Waals surface area contributed by atoms with Crippen LogP contribution in [-0.4, -0.2) is 35.9 Å². The van der Waals surface area contributed by atoms with Crippen molar-refractivity contribution in [2.24, 2.45) is 0 Å². The average Bonchev–Trinajstić information content (AvgIpc) is 2.24. The van der Waals surface area contributed by atoms with Crippen molar-refractivity contribution in [1.82, 2.24) is 5.32 Å². The Bertz CT molecular complexity index is 221. The zero-order valence-electron chi connectivity index (χ0n) is 11.6. The van der Waals surface area contributed by atoms with Crippen LogP contribution < -0.4 is 5.32 Å². The molecule has 0 heterocycles. The summed E-state index contributed by atoms with van der Waals surface area (Å²) < 4.78 is 5.63. The third-order valence-corrected chi connectivity index (χ3v) is 2.88. The zero-order valence-corrected chi connectivity index (χ0v) is 11.6. The molecule has 4 heteroatoms. The highest BCUT2D eigenvalue weighted by Gasteiger charge is 2.33. The van der Waals surface area contributed by atoms with Gasteiger partial charge in [0.25, 0.3) is 0 Å². The highest BCUT2D eigenvalue weighted by Crippen LogP contribution is 2.15. The van der Waals surface area contributed by atoms with Crippen molar-refractivity contribution in [2.45, 2.75) is 65.0 Å². The number of aliphatic carboxylic acids is 1. The third kappa shape index (κ3) is 6.64. The lowest BCUT2D eigenvalue weighted by Gasteiger charge is -2.28. The number of carboxylic acids is 1. The molecule has 2 atom stereocenters. The summed E-state index contributed by atoms with van der Waals surface area (Å²) >= 11 is 0. The van der Waals surface area contributed by atoms with E-state index in [9.17, 15) is 9.90 Å². The van der Waals surface area contributed by atoms with Gasteiger partial charge in [-0.25, -0.2) is 0 Å². The number of rotatable bonds is 10. The smallest absolute Gasteiger partial charge is 0.323 e. The Balaban J connectivity index is 4.04. The molecule has 17 heavy (non-hydrogen) atoms. The van der Waals surface area contributed by atoms with E-state index in [0.29, 0.717) is 13.0 Å². The van der Waals surface area contributed by atoms with Crippen LogP contribution in [0.1, 0.15) is 53.4 Å². The standard InChI is InChI=1S/C13H27NO3/c1-5-7-8-9-17-11(3)10-13(4,12(15)16)14-6-2/h11,14H,5-10H2,1-4H3,(H,15,16). The highest BCUT2D eigenvalue weighted by molar-refractivity contribution is 5.78. The van der Waals surface area contributed by atoms with Gasteiger partial charge in [-0.2, -0.15) is 0 Å². The van der Waals surface area contributed by atoms with E-state index < -0.39 is 11.5 Å². The number of carbonyl (C=O) groups is 1. The number of ether oxygens (including phenoxy) is 1. The molecule has 0 fully saturated rings. The monoisotopic (exact) mass is 245 g/mol. The van der Waals surface area contributed by atoms with Gasteiger partial charge in [-0.15, -0.1) is 0 Å². The molecule has 0 aromatic carbocycles. The number of likely N-dealkylation sites (N-methyl/N-ethyl adjacent to an activating group) is 1. The highest BCUT2D eigenvalue weighted by atomic mass is 16.5. The first-order chi connectivity index (χ1) is 7.96. The Hall–Kier alpha value is -0.610. The molecule has 2 N–H and O–H groups in total. The van der Waals surface area contributed by atoms with Gasteiger partial charge in [0.05, 0.1) is 6.10 Å². The van der Waals surface area contributed by atoms with Crippen LogP contribution in [0.15, 0.2) is 0 Å². The number of nitrogens with one attached hydrogen (secondary N) is 1. The Morgan fingerprint density at radius 2 is 2.06 bits per heavy atom. The summed E-state index contributed by atoms with van der Waals surface area (Å²) in [6, 6.07) is 0. The van der Waals surface area contributed by atoms with Crippen molar-refractivity contribution in [3.63, 3.8) is 0 Å². The number of unbranched alkanes of at least 4 members (excludes halogenated alkanes) is 2. The van der Waals surface area contributed by atoms with E-state index in [1.807, 2.05) is 13.8 Å². The number of hydrogen-bond donors (Lipinski definition) is 2. The summed E-state index contributed by atoms with van der Waals surface area (Å²) in [5, 5.41) is 12.2. The second-order valence-electron chi connectivity index (χ2n) is 4.76. The Kier molecular flexibility index (Phi) is 8.17. The molecule has 0 saturated carbocycles. The quantitative estimate of drug-likeness (QED) is 0.580. The SMILES string of the molecule is CCCCCOC(C)CC(C)(NCC)C(=O)O. The maximum atomic E-state index is 11.2. The van der Waals surface area contributed by atoms with E-state index in [4.69, 9.17) is 4.74 Å². The molecule has 0 radical (unpaired) electrons. The van der Waals surface area contributed by atoms with Gasteiger partial charge in [0, 0.05) is 13.0 Å². The van der Waals surface area contributed by atoms with Crippen LogP contribution in [0.5, 0.6) is 0 Å². The molecule has 0 amide bonds. The van der Waals surface area contributed by atoms with Crippen LogP contribution in [0, 0.1) is 0 Å². The molecule has 0 aliphatic heterocycles. The minimum absolute atomic E-state index is 0.0352. The van der Waals surface area contributed by atoms with Gasteiger partial charge in [-0.05, 0) is 26.8 Å². The average molecular weight is 245 g/mol. The van der Waals surface area contributed by atoms with E-state index in [1.165, 1.54) is 6.42 Å². The van der Waals surface area contributed by atoms with Gasteiger partial charge >= 0.3 is 5.97 Å². The molecule has 0 bridgehead atoms. The molecule has 0 aliphatic carbocycles. The minimum Gasteiger partial charge on any atom is -0.480 e. The normalized spacial score (nSPS) is 16.5. The van der Waals surface area contributed by atoms with Gasteiger partial charge < -0.3 is 15.2 Å². The summed E-state index contributed by atoms with van der Waals surface area (Å²) in [4.78, 5) is 11.2. The van der Waals surface area contributed by atoms with Crippen molar-refractivity contribution in [1.29, 1.82) is 0 Å². The molecular formula is C13H27NO3. The van der Waals surface area contributed by atoms with E-state index in [1.54, 1.807) is 6.92 Å². The maximum Gasteiger partial charge on any atom is 0.323 e. The summed E-state index contributed by atoms with van der Waals surface area (Å²) in [6.45, 7) is 9.07. The largest absolute Gasteiger partial charge is 0.480 e. The van der Waals surface area contributed by atoms with Gasteiger partial charge in [-0.3, -0.25) is 4.79 Å². The second-order valence-corrected chi connectivity index (χ2v) is 4.76. The van der Waals surface area contributed by atoms with Gasteiger partial charge in [0.1, 0.15) is 5.54 Å². The van der Waals surface area contributed by atoms with Crippen molar-refractivity contribution in [3.05, 3.63) is 0 Å². The molecule has 0 aromatic rings. The minimum atomic E-state index is -0.890. The molecule has 0 rings (SSSR count). The number of carboxylic acid groups (broad SMARTS) is 1. The molecule has 0 spiro atoms. The van der Waals surface area contributed by atoms with Crippen LogP contribution in [0.4, 0.5) is 0 Å². The lowest BCUT2D eigenvalue weighted by molar-refractivity contribution is -0.145. The van der Waals surface area contributed by atoms with E-state index in [-0.39, 0.29) is 6.10 Å². The van der Waals surface area contributed by atoms with Crippen molar-refractivity contribution >= 4 is 5.97 Å². The predicted molar refractivity (Wildman–Crippen MR) is 69.3 cm³/mol. The summed E-state index contributed by atoms with van der Waals surface area (Å²) in [5.74, 6) is -0.816. The molecule has 102 valence electrons. The molecule has 4 nitrogen and oxygen atoms in total. The first kappa shape index (κ1) is 16.4. The van der Waals surface area contributed by atoms with Crippen LogP contribution in [-0.2, 0) is 9.53 Å². The third-order valence-electron chi connectivity index (χ3n) is 2.88. The number of hydrogen-bond acceptors (Lipinski definition) is 3. The van der Waals surface area contributed by atoms with Gasteiger partial charge in [0.15, 0.2) is 0 Å². The lowest BCUT2D eigenvalue weighted by Crippen LogP contribution is -2.51. The Labute approximate surface area is 105 Å². The fraction of sp³-hybridized carbons (Fsp3) is 0.923. The van der Waals surface area contributed by atoms with E-state index in [0.717, 1.165) is 19.4 Å². The van der Waals surface area contributed by atoms with Crippen molar-refractivity contribution in [3.8, 4) is 0 Å². The molecule has 0 aliphatic rings. The fourth-order valence-corrected chi connectivity index (χ4v) is 1.90. The summed E-state index contributed by atoms with van der Waals surface area (Å²) in [6.07, 6.45) is 3.83. The first-order valence-corrected chi connectivity index (χ1v) is 6.56. The van der Waals surface area contributed by atoms with E-state index in [2.05, 4.69) is 12.2 Å². The fourth-order valence-electron chi connectivity index (χ4n) is 1.90. The maximum absolute atomic E-state index is 11.2. The van der Waals surface area contributed by atoms with Crippen LogP contribution in [0.25, 0.3) is 0 Å². The lowest BCUT2D eigenvalue weighted by atomic mass is 9.95. The van der Waals surface area contributed by atoms with Gasteiger partial charge in [-0.1, -0.05) is 26.7 Å². The van der Waals surface area contributed by atoms with Gasteiger partial charge in [0.2, 0.25) is 0 Å². The van der Waals surface area contributed by atoms with E-state index >= 15 is 0 Å². The summed E-state index contributed by atoms with van der Waals surface area (Å²) in [5.41, 5.74) is -0.890. The topological polar surface area (TPSA) is 58.6 Å². The molecule has 0 aromatic heterocycles. The van der Waals surface area contributed by atoms with Crippen LogP contribution in [0.2, 0.25) is 0 Å².